The molecule has 0 aromatic heterocycles. The van der Waals surface area contributed by atoms with Crippen molar-refractivity contribution in [3.05, 3.63) is 13.2 Å². The molecule has 0 radical (unpaired) electrons. The molecule has 2 N–H and O–H groups in total. The van der Waals surface area contributed by atoms with Crippen LogP contribution >= 0.6 is 0 Å². The van der Waals surface area contributed by atoms with Crippen LogP contribution in [0.5, 0.6) is 0 Å². The van der Waals surface area contributed by atoms with Crippen molar-refractivity contribution in [1.82, 2.24) is 5.32 Å². The van der Waals surface area contributed by atoms with Gasteiger partial charge in [-0.3, -0.25) is 0 Å². The maximum Gasteiger partial charge on any atom is 0.135 e. The molecule has 0 spiro atoms. The lowest BCUT2D eigenvalue weighted by Crippen LogP contribution is -2.66. The summed E-state index contributed by atoms with van der Waals surface area (Å²) in [5.41, 5.74) is 0.164. The number of nitrogens with one attached hydrogen (secondary N) is 1. The van der Waals surface area contributed by atoms with Gasteiger partial charge in [0.25, 0.3) is 0 Å². The molecule has 1 fully saturated rings. The number of hydrogen-bond donors (Lipinski definition) is 2. The summed E-state index contributed by atoms with van der Waals surface area (Å²) in [5, 5.41) is 13.4. The SMILES string of the molecule is C=C.CC.CCCOCCOCCOCC(O)NC[N+]1(C(C)(C)C)CCCC1C. The zero-order chi connectivity index (χ0) is 22.8. The second kappa shape index (κ2) is 18.3. The standard InChI is InChI=1S/C19H41N2O4.C2H6.C2H4/c1-6-10-23-11-12-24-13-14-25-15-18(22)20-16-21(19(3,4)5)9-7-8-17(21)2;2*1-2/h17-18,20,22H,6-16H2,1-5H3;1-2H3;1-2H2/q+1;;. The van der Waals surface area contributed by atoms with E-state index in [0.717, 1.165) is 24.2 Å². The van der Waals surface area contributed by atoms with Gasteiger partial charge in [0, 0.05) is 19.4 Å². The first-order valence-electron chi connectivity index (χ1n) is 11.3. The van der Waals surface area contributed by atoms with E-state index < -0.39 is 6.23 Å². The Labute approximate surface area is 181 Å². The molecule has 1 heterocycles. The summed E-state index contributed by atoms with van der Waals surface area (Å²) in [5.74, 6) is 0. The summed E-state index contributed by atoms with van der Waals surface area (Å²) in [4.78, 5) is 0. The predicted molar refractivity (Wildman–Crippen MR) is 123 cm³/mol. The minimum atomic E-state index is -0.641. The van der Waals surface area contributed by atoms with E-state index in [4.69, 9.17) is 14.2 Å². The summed E-state index contributed by atoms with van der Waals surface area (Å²) < 4.78 is 17.3. The highest BCUT2D eigenvalue weighted by Crippen LogP contribution is 2.35. The van der Waals surface area contributed by atoms with Crippen LogP contribution in [0.2, 0.25) is 0 Å². The molecule has 0 amide bonds. The average Bonchev–Trinajstić information content (AvgIpc) is 3.10. The van der Waals surface area contributed by atoms with Crippen LogP contribution in [0.3, 0.4) is 0 Å². The largest absolute Gasteiger partial charge is 0.379 e. The molecule has 6 heteroatoms. The minimum Gasteiger partial charge on any atom is -0.379 e. The lowest BCUT2D eigenvalue weighted by molar-refractivity contribution is -0.982. The van der Waals surface area contributed by atoms with Crippen molar-refractivity contribution in [1.29, 1.82) is 0 Å². The Hall–Kier alpha value is -0.500. The fourth-order valence-corrected chi connectivity index (χ4v) is 3.71. The molecule has 1 aliphatic heterocycles. The van der Waals surface area contributed by atoms with Crippen LogP contribution in [0, 0.1) is 0 Å². The third-order valence-electron chi connectivity index (χ3n) is 5.34. The molecule has 0 aliphatic carbocycles. The molecular formula is C23H51N2O4+. The molecule has 0 saturated carbocycles. The van der Waals surface area contributed by atoms with Crippen LogP contribution in [0.1, 0.15) is 67.7 Å². The molecule has 0 aromatic rings. The number of nitrogens with zero attached hydrogens (tertiary/aromatic N) is 1. The van der Waals surface area contributed by atoms with E-state index in [-0.39, 0.29) is 12.1 Å². The third kappa shape index (κ3) is 12.1. The van der Waals surface area contributed by atoms with Gasteiger partial charge in [0.15, 0.2) is 0 Å². The maximum atomic E-state index is 10.2. The van der Waals surface area contributed by atoms with Gasteiger partial charge in [-0.05, 0) is 34.1 Å². The van der Waals surface area contributed by atoms with Gasteiger partial charge in [0.2, 0.25) is 0 Å². The topological polar surface area (TPSA) is 60.0 Å². The van der Waals surface area contributed by atoms with Crippen LogP contribution in [-0.4, -0.2) is 80.3 Å². The van der Waals surface area contributed by atoms with Crippen molar-refractivity contribution < 1.29 is 23.8 Å². The van der Waals surface area contributed by atoms with Crippen LogP contribution in [0.15, 0.2) is 13.2 Å². The van der Waals surface area contributed by atoms with Crippen molar-refractivity contribution in [3.63, 3.8) is 0 Å². The van der Waals surface area contributed by atoms with Crippen LogP contribution in [-0.2, 0) is 14.2 Å². The fourth-order valence-electron chi connectivity index (χ4n) is 3.71. The van der Waals surface area contributed by atoms with E-state index in [9.17, 15) is 5.11 Å². The number of likely N-dealkylation sites (tertiary alicyclic amines) is 1. The number of rotatable bonds is 13. The molecule has 3 unspecified atom stereocenters. The van der Waals surface area contributed by atoms with E-state index in [2.05, 4.69) is 53.1 Å². The van der Waals surface area contributed by atoms with Gasteiger partial charge < -0.3 is 23.8 Å². The first-order valence-corrected chi connectivity index (χ1v) is 11.3. The summed E-state index contributed by atoms with van der Waals surface area (Å²) in [6, 6.07) is 0.615. The molecule has 0 bridgehead atoms. The quantitative estimate of drug-likeness (QED) is 0.205. The first kappa shape index (κ1) is 30.7. The van der Waals surface area contributed by atoms with Crippen molar-refractivity contribution in [2.45, 2.75) is 85.5 Å². The van der Waals surface area contributed by atoms with Crippen molar-refractivity contribution in [3.8, 4) is 0 Å². The number of aliphatic hydroxyl groups excluding tert-OH is 1. The molecule has 6 nitrogen and oxygen atoms in total. The molecule has 1 saturated heterocycles. The maximum absolute atomic E-state index is 10.2. The molecule has 3 atom stereocenters. The highest BCUT2D eigenvalue weighted by atomic mass is 16.5. The van der Waals surface area contributed by atoms with Crippen LogP contribution < -0.4 is 5.32 Å². The van der Waals surface area contributed by atoms with Crippen LogP contribution in [0.25, 0.3) is 0 Å². The Balaban J connectivity index is 0. The van der Waals surface area contributed by atoms with E-state index in [0.29, 0.717) is 32.5 Å². The second-order valence-electron chi connectivity index (χ2n) is 8.10. The van der Waals surface area contributed by atoms with E-state index in [1.807, 2.05) is 13.8 Å². The Morgan fingerprint density at radius 2 is 1.55 bits per heavy atom. The summed E-state index contributed by atoms with van der Waals surface area (Å²) in [7, 11) is 0. The van der Waals surface area contributed by atoms with Gasteiger partial charge in [-0.25, -0.2) is 5.32 Å². The van der Waals surface area contributed by atoms with Gasteiger partial charge in [0.1, 0.15) is 12.9 Å². The Morgan fingerprint density at radius 3 is 2.00 bits per heavy atom. The first-order chi connectivity index (χ1) is 13.8. The number of quaternary nitrogens is 1. The Bertz CT molecular complexity index is 363. The highest BCUT2D eigenvalue weighted by molar-refractivity contribution is 4.74. The smallest absolute Gasteiger partial charge is 0.135 e. The summed E-state index contributed by atoms with van der Waals surface area (Å²) in [6.07, 6.45) is 2.90. The lowest BCUT2D eigenvalue weighted by Gasteiger charge is -2.49. The zero-order valence-corrected chi connectivity index (χ0v) is 20.5. The molecule has 29 heavy (non-hydrogen) atoms. The van der Waals surface area contributed by atoms with Gasteiger partial charge in [-0.15, -0.1) is 13.2 Å². The van der Waals surface area contributed by atoms with Crippen molar-refractivity contribution >= 4 is 0 Å². The molecule has 1 rings (SSSR count). The molecular weight excluding hydrogens is 368 g/mol. The summed E-state index contributed by atoms with van der Waals surface area (Å²) >= 11 is 0. The summed E-state index contributed by atoms with van der Waals surface area (Å²) in [6.45, 7) is 26.5. The van der Waals surface area contributed by atoms with Crippen molar-refractivity contribution in [2.24, 2.45) is 0 Å². The number of ether oxygens (including phenoxy) is 3. The molecule has 0 aromatic carbocycles. The normalized spacial score (nSPS) is 22.3. The van der Waals surface area contributed by atoms with Gasteiger partial charge in [-0.2, -0.15) is 0 Å². The van der Waals surface area contributed by atoms with Gasteiger partial charge >= 0.3 is 0 Å². The zero-order valence-electron chi connectivity index (χ0n) is 20.5. The highest BCUT2D eigenvalue weighted by Gasteiger charge is 2.47. The minimum absolute atomic E-state index is 0.164. The third-order valence-corrected chi connectivity index (χ3v) is 5.34. The number of hydrogen-bond acceptors (Lipinski definition) is 5. The predicted octanol–water partition coefficient (Wildman–Crippen LogP) is 3.94. The molecule has 176 valence electrons. The Morgan fingerprint density at radius 1 is 1.03 bits per heavy atom. The Kier molecular flexibility index (Phi) is 19.3. The van der Waals surface area contributed by atoms with Crippen LogP contribution in [0.4, 0.5) is 0 Å². The van der Waals surface area contributed by atoms with E-state index in [1.165, 1.54) is 19.4 Å². The number of aliphatic hydroxyl groups is 1. The monoisotopic (exact) mass is 419 g/mol. The van der Waals surface area contributed by atoms with Gasteiger partial charge in [0.05, 0.1) is 51.2 Å². The fraction of sp³-hybridized carbons (Fsp3) is 0.913. The van der Waals surface area contributed by atoms with E-state index >= 15 is 0 Å². The van der Waals surface area contributed by atoms with E-state index in [1.54, 1.807) is 0 Å². The lowest BCUT2D eigenvalue weighted by atomic mass is 10.0. The van der Waals surface area contributed by atoms with Crippen molar-refractivity contribution in [2.75, 3.05) is 52.9 Å². The second-order valence-corrected chi connectivity index (χ2v) is 8.10. The average molecular weight is 420 g/mol. The molecule has 1 aliphatic rings. The van der Waals surface area contributed by atoms with Gasteiger partial charge in [-0.1, -0.05) is 20.8 Å².